The fourth-order valence-corrected chi connectivity index (χ4v) is 2.83. The molecular weight excluding hydrogens is 184 g/mol. The summed E-state index contributed by atoms with van der Waals surface area (Å²) in [5.41, 5.74) is 2.09. The van der Waals surface area contributed by atoms with Gasteiger partial charge >= 0.3 is 0 Å². The zero-order valence-electron chi connectivity index (χ0n) is 9.07. The van der Waals surface area contributed by atoms with E-state index in [1.165, 1.54) is 24.8 Å². The highest BCUT2D eigenvalue weighted by molar-refractivity contribution is 5.36. The van der Waals surface area contributed by atoms with Crippen LogP contribution < -0.4 is 4.74 Å². The number of allylic oxidation sites excluding steroid dienone is 2. The average Bonchev–Trinajstić information content (AvgIpc) is 2.77. The minimum Gasteiger partial charge on any atom is -0.497 e. The molecule has 0 heterocycles. The van der Waals surface area contributed by atoms with Gasteiger partial charge < -0.3 is 4.74 Å². The molecule has 0 saturated heterocycles. The normalized spacial score (nSPS) is 25.8. The molecule has 2 aliphatic carbocycles. The Balaban J connectivity index is 1.78. The van der Waals surface area contributed by atoms with Gasteiger partial charge in [0.1, 0.15) is 5.75 Å². The fourth-order valence-electron chi connectivity index (χ4n) is 2.83. The molecule has 1 saturated carbocycles. The highest BCUT2D eigenvalue weighted by atomic mass is 16.5. The van der Waals surface area contributed by atoms with E-state index in [4.69, 9.17) is 4.74 Å². The third-order valence-corrected chi connectivity index (χ3v) is 3.92. The van der Waals surface area contributed by atoms with Crippen LogP contribution in [0.4, 0.5) is 0 Å². The third kappa shape index (κ3) is 1.38. The second kappa shape index (κ2) is 3.13. The predicted molar refractivity (Wildman–Crippen MR) is 61.2 cm³/mol. The maximum atomic E-state index is 5.17. The van der Waals surface area contributed by atoms with Crippen molar-refractivity contribution >= 4 is 0 Å². The monoisotopic (exact) mass is 200 g/mol. The van der Waals surface area contributed by atoms with Crippen LogP contribution >= 0.6 is 0 Å². The summed E-state index contributed by atoms with van der Waals surface area (Å²) in [6.07, 6.45) is 8.60. The van der Waals surface area contributed by atoms with E-state index in [1.807, 2.05) is 0 Å². The van der Waals surface area contributed by atoms with Crippen molar-refractivity contribution in [3.8, 4) is 5.75 Å². The fraction of sp³-hybridized carbons (Fsp3) is 0.429. The van der Waals surface area contributed by atoms with Crippen molar-refractivity contribution in [2.75, 3.05) is 7.11 Å². The van der Waals surface area contributed by atoms with Crippen LogP contribution in [0.15, 0.2) is 36.4 Å². The Bertz CT molecular complexity index is 380. The zero-order valence-corrected chi connectivity index (χ0v) is 9.07. The van der Waals surface area contributed by atoms with Crippen LogP contribution in [0.5, 0.6) is 5.75 Å². The van der Waals surface area contributed by atoms with Crippen molar-refractivity contribution in [1.29, 1.82) is 0 Å². The molecule has 1 heteroatoms. The average molecular weight is 200 g/mol. The summed E-state index contributed by atoms with van der Waals surface area (Å²) in [4.78, 5) is 0. The molecule has 1 nitrogen and oxygen atoms in total. The number of rotatable bonds is 2. The van der Waals surface area contributed by atoms with Crippen molar-refractivity contribution in [3.63, 3.8) is 0 Å². The van der Waals surface area contributed by atoms with Crippen LogP contribution in [0.25, 0.3) is 0 Å². The van der Waals surface area contributed by atoms with E-state index < -0.39 is 0 Å². The highest BCUT2D eigenvalue weighted by Gasteiger charge is 2.53. The minimum absolute atomic E-state index is 0.606. The van der Waals surface area contributed by atoms with Gasteiger partial charge in [-0.1, -0.05) is 24.3 Å². The molecule has 2 aliphatic rings. The van der Waals surface area contributed by atoms with Crippen LogP contribution in [-0.2, 0) is 0 Å². The third-order valence-electron chi connectivity index (χ3n) is 3.92. The van der Waals surface area contributed by atoms with Crippen LogP contribution in [0.2, 0.25) is 0 Å². The van der Waals surface area contributed by atoms with Crippen molar-refractivity contribution in [3.05, 3.63) is 42.0 Å². The first-order valence-corrected chi connectivity index (χ1v) is 5.63. The van der Waals surface area contributed by atoms with Gasteiger partial charge in [0, 0.05) is 0 Å². The molecule has 1 unspecified atom stereocenters. The van der Waals surface area contributed by atoms with Gasteiger partial charge in [0.2, 0.25) is 0 Å². The SMILES string of the molecule is COc1ccc(C2CC23CC=CC3)cc1. The lowest BCUT2D eigenvalue weighted by Crippen LogP contribution is -1.96. The maximum absolute atomic E-state index is 5.17. The summed E-state index contributed by atoms with van der Waals surface area (Å²) in [5, 5.41) is 0. The summed E-state index contributed by atoms with van der Waals surface area (Å²) in [7, 11) is 1.72. The Morgan fingerprint density at radius 2 is 1.80 bits per heavy atom. The summed E-state index contributed by atoms with van der Waals surface area (Å²) in [6, 6.07) is 8.58. The maximum Gasteiger partial charge on any atom is 0.118 e. The number of ether oxygens (including phenoxy) is 1. The van der Waals surface area contributed by atoms with E-state index in [2.05, 4.69) is 36.4 Å². The second-order valence-corrected chi connectivity index (χ2v) is 4.77. The van der Waals surface area contributed by atoms with E-state index in [9.17, 15) is 0 Å². The van der Waals surface area contributed by atoms with Gasteiger partial charge in [-0.3, -0.25) is 0 Å². The second-order valence-electron chi connectivity index (χ2n) is 4.77. The first-order chi connectivity index (χ1) is 7.34. The van der Waals surface area contributed by atoms with Gasteiger partial charge in [0.25, 0.3) is 0 Å². The lowest BCUT2D eigenvalue weighted by Gasteiger charge is -2.08. The van der Waals surface area contributed by atoms with Crippen LogP contribution in [-0.4, -0.2) is 7.11 Å². The van der Waals surface area contributed by atoms with Crippen LogP contribution in [0, 0.1) is 5.41 Å². The molecule has 78 valence electrons. The molecule has 1 atom stereocenters. The van der Waals surface area contributed by atoms with Gasteiger partial charge in [-0.15, -0.1) is 0 Å². The number of benzene rings is 1. The Morgan fingerprint density at radius 3 is 2.40 bits per heavy atom. The van der Waals surface area contributed by atoms with Crippen molar-refractivity contribution in [2.24, 2.45) is 5.41 Å². The smallest absolute Gasteiger partial charge is 0.118 e. The van der Waals surface area contributed by atoms with Crippen molar-refractivity contribution in [2.45, 2.75) is 25.2 Å². The Labute approximate surface area is 90.8 Å². The summed E-state index contributed by atoms with van der Waals surface area (Å²) in [6.45, 7) is 0. The molecule has 3 rings (SSSR count). The van der Waals surface area contributed by atoms with Crippen molar-refractivity contribution in [1.82, 2.24) is 0 Å². The van der Waals surface area contributed by atoms with Gasteiger partial charge in [-0.25, -0.2) is 0 Å². The van der Waals surface area contributed by atoms with E-state index >= 15 is 0 Å². The number of methoxy groups -OCH3 is 1. The lowest BCUT2D eigenvalue weighted by atomic mass is 9.97. The zero-order chi connectivity index (χ0) is 10.3. The molecular formula is C14H16O. The Hall–Kier alpha value is -1.24. The molecule has 1 aromatic rings. The topological polar surface area (TPSA) is 9.23 Å². The highest BCUT2D eigenvalue weighted by Crippen LogP contribution is 2.66. The number of hydrogen-bond donors (Lipinski definition) is 0. The minimum atomic E-state index is 0.606. The summed E-state index contributed by atoms with van der Waals surface area (Å²) < 4.78 is 5.17. The first-order valence-electron chi connectivity index (χ1n) is 5.63. The van der Waals surface area contributed by atoms with Crippen LogP contribution in [0.3, 0.4) is 0 Å². The summed E-state index contributed by atoms with van der Waals surface area (Å²) >= 11 is 0. The van der Waals surface area contributed by atoms with Crippen molar-refractivity contribution < 1.29 is 4.74 Å². The molecule has 15 heavy (non-hydrogen) atoms. The standard InChI is InChI=1S/C14H16O/c1-15-12-6-4-11(5-7-12)13-10-14(13)8-2-3-9-14/h2-7,13H,8-10H2,1H3. The van der Waals surface area contributed by atoms with Gasteiger partial charge in [0.15, 0.2) is 0 Å². The molecule has 1 aromatic carbocycles. The van der Waals surface area contributed by atoms with Gasteiger partial charge in [-0.2, -0.15) is 0 Å². The molecule has 1 spiro atoms. The Kier molecular flexibility index (Phi) is 1.88. The van der Waals surface area contributed by atoms with Crippen LogP contribution in [0.1, 0.15) is 30.7 Å². The van der Waals surface area contributed by atoms with Gasteiger partial charge in [0.05, 0.1) is 7.11 Å². The van der Waals surface area contributed by atoms with E-state index in [-0.39, 0.29) is 0 Å². The molecule has 0 amide bonds. The number of hydrogen-bond acceptors (Lipinski definition) is 1. The van der Waals surface area contributed by atoms with E-state index in [0.717, 1.165) is 11.7 Å². The largest absolute Gasteiger partial charge is 0.497 e. The first kappa shape index (κ1) is 9.02. The molecule has 0 N–H and O–H groups in total. The van der Waals surface area contributed by atoms with E-state index in [1.54, 1.807) is 7.11 Å². The molecule has 0 bridgehead atoms. The quantitative estimate of drug-likeness (QED) is 0.664. The molecule has 0 aliphatic heterocycles. The molecule has 0 radical (unpaired) electrons. The van der Waals surface area contributed by atoms with E-state index in [0.29, 0.717) is 5.41 Å². The Morgan fingerprint density at radius 1 is 1.13 bits per heavy atom. The van der Waals surface area contributed by atoms with Gasteiger partial charge in [-0.05, 0) is 48.3 Å². The molecule has 1 fully saturated rings. The summed E-state index contributed by atoms with van der Waals surface area (Å²) in [5.74, 6) is 1.75. The molecule has 0 aromatic heterocycles. The predicted octanol–water partition coefficient (Wildman–Crippen LogP) is 3.52. The lowest BCUT2D eigenvalue weighted by molar-refractivity contribution is 0.414.